The molecule has 3 nitrogen and oxygen atoms in total. The maximum absolute atomic E-state index is 14.0. The van der Waals surface area contributed by atoms with Gasteiger partial charge in [0.05, 0.1) is 5.56 Å². The van der Waals surface area contributed by atoms with Crippen LogP contribution in [0.15, 0.2) is 18.2 Å². The smallest absolute Gasteiger partial charge is 0.338 e. The van der Waals surface area contributed by atoms with Gasteiger partial charge < -0.3 is 5.11 Å². The molecule has 0 bridgehead atoms. The molecular weight excluding hydrogens is 233 g/mol. The Kier molecular flexibility index (Phi) is 5.28. The lowest BCUT2D eigenvalue weighted by Gasteiger charge is -2.26. The van der Waals surface area contributed by atoms with Gasteiger partial charge in [0.1, 0.15) is 5.82 Å². The number of aromatic carboxylic acids is 1. The van der Waals surface area contributed by atoms with Crippen molar-refractivity contribution in [2.24, 2.45) is 0 Å². The fourth-order valence-corrected chi connectivity index (χ4v) is 1.89. The molecule has 0 saturated heterocycles. The summed E-state index contributed by atoms with van der Waals surface area (Å²) in [6, 6.07) is 4.83. The fourth-order valence-electron chi connectivity index (χ4n) is 1.89. The summed E-state index contributed by atoms with van der Waals surface area (Å²) in [5.74, 6) is -1.84. The molecule has 18 heavy (non-hydrogen) atoms. The number of carboxylic acid groups (broad SMARTS) is 1. The standard InChI is InChI=1S/C14H20FNO2/c1-4-8-16(10(2)3)9-11-6-5-7-12(13(11)15)14(17)18/h5-7,10H,4,8-9H2,1-3H3,(H,17,18). The van der Waals surface area contributed by atoms with Crippen LogP contribution in [0, 0.1) is 5.82 Å². The molecule has 4 heteroatoms. The lowest BCUT2D eigenvalue weighted by atomic mass is 10.1. The van der Waals surface area contributed by atoms with E-state index in [2.05, 4.69) is 25.7 Å². The Hall–Kier alpha value is -1.42. The van der Waals surface area contributed by atoms with Crippen molar-refractivity contribution in [2.75, 3.05) is 6.54 Å². The molecule has 0 atom stereocenters. The van der Waals surface area contributed by atoms with E-state index in [0.717, 1.165) is 13.0 Å². The first-order valence-corrected chi connectivity index (χ1v) is 6.22. The van der Waals surface area contributed by atoms with E-state index in [1.165, 1.54) is 6.07 Å². The van der Waals surface area contributed by atoms with Gasteiger partial charge in [-0.05, 0) is 32.9 Å². The number of halogens is 1. The maximum atomic E-state index is 14.0. The Bertz CT molecular complexity index is 418. The summed E-state index contributed by atoms with van der Waals surface area (Å²) >= 11 is 0. The molecule has 0 aliphatic heterocycles. The predicted molar refractivity (Wildman–Crippen MR) is 69.2 cm³/mol. The van der Waals surface area contributed by atoms with Gasteiger partial charge in [-0.15, -0.1) is 0 Å². The van der Waals surface area contributed by atoms with Crippen LogP contribution in [0.25, 0.3) is 0 Å². The Morgan fingerprint density at radius 3 is 2.61 bits per heavy atom. The van der Waals surface area contributed by atoms with Crippen LogP contribution in [0.1, 0.15) is 43.1 Å². The highest BCUT2D eigenvalue weighted by atomic mass is 19.1. The quantitative estimate of drug-likeness (QED) is 0.846. The number of hydrogen-bond acceptors (Lipinski definition) is 2. The molecule has 1 aromatic carbocycles. The minimum absolute atomic E-state index is 0.257. The minimum atomic E-state index is -1.22. The molecule has 0 aliphatic carbocycles. The van der Waals surface area contributed by atoms with Gasteiger partial charge >= 0.3 is 5.97 Å². The van der Waals surface area contributed by atoms with Crippen LogP contribution in [0.5, 0.6) is 0 Å². The molecule has 0 spiro atoms. The monoisotopic (exact) mass is 253 g/mol. The number of benzene rings is 1. The van der Waals surface area contributed by atoms with E-state index >= 15 is 0 Å². The third-order valence-corrected chi connectivity index (χ3v) is 2.92. The topological polar surface area (TPSA) is 40.5 Å². The van der Waals surface area contributed by atoms with Crippen LogP contribution in [-0.2, 0) is 6.54 Å². The summed E-state index contributed by atoms with van der Waals surface area (Å²) in [5.41, 5.74) is 0.185. The molecule has 0 aromatic heterocycles. The lowest BCUT2D eigenvalue weighted by Crippen LogP contribution is -2.31. The van der Waals surface area contributed by atoms with Crippen LogP contribution >= 0.6 is 0 Å². The predicted octanol–water partition coefficient (Wildman–Crippen LogP) is 3.14. The van der Waals surface area contributed by atoms with E-state index in [1.54, 1.807) is 12.1 Å². The van der Waals surface area contributed by atoms with E-state index in [9.17, 15) is 9.18 Å². The Morgan fingerprint density at radius 2 is 2.11 bits per heavy atom. The summed E-state index contributed by atoms with van der Waals surface area (Å²) in [5, 5.41) is 8.88. The molecule has 0 heterocycles. The van der Waals surface area contributed by atoms with Crippen molar-refractivity contribution in [3.05, 3.63) is 35.1 Å². The van der Waals surface area contributed by atoms with Gasteiger partial charge in [-0.25, -0.2) is 9.18 Å². The van der Waals surface area contributed by atoms with Gasteiger partial charge in [-0.1, -0.05) is 19.1 Å². The highest BCUT2D eigenvalue weighted by Crippen LogP contribution is 2.16. The van der Waals surface area contributed by atoms with Gasteiger partial charge in [-0.3, -0.25) is 4.90 Å². The molecule has 0 amide bonds. The van der Waals surface area contributed by atoms with Crippen LogP contribution < -0.4 is 0 Å². The summed E-state index contributed by atoms with van der Waals surface area (Å²) in [7, 11) is 0. The zero-order chi connectivity index (χ0) is 13.7. The molecule has 0 unspecified atom stereocenters. The van der Waals surface area contributed by atoms with Crippen LogP contribution in [0.4, 0.5) is 4.39 Å². The molecule has 1 aromatic rings. The van der Waals surface area contributed by atoms with Crippen LogP contribution in [-0.4, -0.2) is 28.6 Å². The van der Waals surface area contributed by atoms with E-state index in [4.69, 9.17) is 5.11 Å². The Balaban J connectivity index is 2.96. The lowest BCUT2D eigenvalue weighted by molar-refractivity contribution is 0.0691. The van der Waals surface area contributed by atoms with Gasteiger partial charge in [0, 0.05) is 18.2 Å². The molecule has 0 radical (unpaired) electrons. The second kappa shape index (κ2) is 6.50. The molecule has 100 valence electrons. The zero-order valence-electron chi connectivity index (χ0n) is 11.1. The first-order valence-electron chi connectivity index (χ1n) is 6.22. The van der Waals surface area contributed by atoms with Crippen molar-refractivity contribution in [1.29, 1.82) is 0 Å². The molecule has 1 N–H and O–H groups in total. The normalized spacial score (nSPS) is 11.2. The largest absolute Gasteiger partial charge is 0.478 e. The van der Waals surface area contributed by atoms with Crippen molar-refractivity contribution >= 4 is 5.97 Å². The Labute approximate surface area is 107 Å². The third-order valence-electron chi connectivity index (χ3n) is 2.92. The summed E-state index contributed by atoms with van der Waals surface area (Å²) in [6.07, 6.45) is 0.985. The van der Waals surface area contributed by atoms with Crippen molar-refractivity contribution < 1.29 is 14.3 Å². The Morgan fingerprint density at radius 1 is 1.44 bits per heavy atom. The van der Waals surface area contributed by atoms with Crippen molar-refractivity contribution in [3.63, 3.8) is 0 Å². The zero-order valence-corrected chi connectivity index (χ0v) is 11.1. The van der Waals surface area contributed by atoms with Gasteiger partial charge in [0.2, 0.25) is 0 Å². The number of nitrogens with zero attached hydrogens (tertiary/aromatic N) is 1. The van der Waals surface area contributed by atoms with Crippen LogP contribution in [0.2, 0.25) is 0 Å². The summed E-state index contributed by atoms with van der Waals surface area (Å²) < 4.78 is 14.0. The number of rotatable bonds is 6. The van der Waals surface area contributed by atoms with E-state index in [1.807, 2.05) is 0 Å². The first kappa shape index (κ1) is 14.6. The van der Waals surface area contributed by atoms with Crippen LogP contribution in [0.3, 0.4) is 0 Å². The number of hydrogen-bond donors (Lipinski definition) is 1. The van der Waals surface area contributed by atoms with E-state index in [-0.39, 0.29) is 5.56 Å². The summed E-state index contributed by atoms with van der Waals surface area (Å²) in [4.78, 5) is 13.0. The highest BCUT2D eigenvalue weighted by molar-refractivity contribution is 5.88. The van der Waals surface area contributed by atoms with Crippen molar-refractivity contribution in [1.82, 2.24) is 4.90 Å². The summed E-state index contributed by atoms with van der Waals surface area (Å²) in [6.45, 7) is 7.48. The average molecular weight is 253 g/mol. The van der Waals surface area contributed by atoms with E-state index in [0.29, 0.717) is 18.2 Å². The maximum Gasteiger partial charge on any atom is 0.338 e. The molecule has 0 saturated carbocycles. The minimum Gasteiger partial charge on any atom is -0.478 e. The first-order chi connectivity index (χ1) is 8.47. The number of carbonyl (C=O) groups is 1. The highest BCUT2D eigenvalue weighted by Gasteiger charge is 2.16. The van der Waals surface area contributed by atoms with Gasteiger partial charge in [0.25, 0.3) is 0 Å². The average Bonchev–Trinajstić information content (AvgIpc) is 2.30. The van der Waals surface area contributed by atoms with Gasteiger partial charge in [0.15, 0.2) is 0 Å². The fraction of sp³-hybridized carbons (Fsp3) is 0.500. The second-order valence-corrected chi connectivity index (χ2v) is 4.65. The molecule has 0 aliphatic rings. The SMILES string of the molecule is CCCN(Cc1cccc(C(=O)O)c1F)C(C)C. The molecule has 1 rings (SSSR count). The van der Waals surface area contributed by atoms with Crippen molar-refractivity contribution in [2.45, 2.75) is 39.8 Å². The molecular formula is C14H20FNO2. The second-order valence-electron chi connectivity index (χ2n) is 4.65. The van der Waals surface area contributed by atoms with Gasteiger partial charge in [-0.2, -0.15) is 0 Å². The van der Waals surface area contributed by atoms with Crippen molar-refractivity contribution in [3.8, 4) is 0 Å². The number of carboxylic acids is 1. The third kappa shape index (κ3) is 3.53. The van der Waals surface area contributed by atoms with E-state index < -0.39 is 11.8 Å². The molecule has 0 fully saturated rings.